The van der Waals surface area contributed by atoms with Crippen LogP contribution in [-0.4, -0.2) is 29.8 Å². The summed E-state index contributed by atoms with van der Waals surface area (Å²) in [7, 11) is 0. The molecule has 0 radical (unpaired) electrons. The Balaban J connectivity index is 1.90. The SMILES string of the molecule is CCNC(=O)OCc1c(COC(=O)NCC)c2n(c1C)Cc1ccccc1C2. The van der Waals surface area contributed by atoms with Crippen molar-refractivity contribution in [2.45, 2.75) is 47.0 Å². The van der Waals surface area contributed by atoms with Crippen LogP contribution >= 0.6 is 0 Å². The van der Waals surface area contributed by atoms with Gasteiger partial charge in [0.15, 0.2) is 0 Å². The van der Waals surface area contributed by atoms with Crippen LogP contribution in [0.25, 0.3) is 0 Å². The molecule has 0 unspecified atom stereocenters. The largest absolute Gasteiger partial charge is 0.445 e. The van der Waals surface area contributed by atoms with Crippen LogP contribution in [0.3, 0.4) is 0 Å². The molecule has 2 aromatic rings. The summed E-state index contributed by atoms with van der Waals surface area (Å²) in [6, 6.07) is 8.34. The van der Waals surface area contributed by atoms with E-state index in [9.17, 15) is 9.59 Å². The summed E-state index contributed by atoms with van der Waals surface area (Å²) >= 11 is 0. The van der Waals surface area contributed by atoms with Crippen LogP contribution in [0.2, 0.25) is 0 Å². The number of carbonyl (C=O) groups is 2. The molecular formula is C21H27N3O4. The van der Waals surface area contributed by atoms with E-state index < -0.39 is 12.2 Å². The van der Waals surface area contributed by atoms with Crippen LogP contribution in [0, 0.1) is 6.92 Å². The highest BCUT2D eigenvalue weighted by atomic mass is 16.6. The predicted molar refractivity (Wildman–Crippen MR) is 105 cm³/mol. The minimum atomic E-state index is -0.454. The second-order valence-electron chi connectivity index (χ2n) is 6.73. The fraction of sp³-hybridized carbons (Fsp3) is 0.429. The highest BCUT2D eigenvalue weighted by molar-refractivity contribution is 5.68. The number of alkyl carbamates (subject to hydrolysis) is 2. The second-order valence-corrected chi connectivity index (χ2v) is 6.73. The molecule has 150 valence electrons. The Bertz CT molecular complexity index is 873. The Hall–Kier alpha value is -2.96. The van der Waals surface area contributed by atoms with E-state index in [0.717, 1.165) is 35.5 Å². The lowest BCUT2D eigenvalue weighted by molar-refractivity contribution is 0.132. The number of carbonyl (C=O) groups excluding carboxylic acids is 2. The summed E-state index contributed by atoms with van der Waals surface area (Å²) in [5.74, 6) is 0. The van der Waals surface area contributed by atoms with Crippen LogP contribution in [0.5, 0.6) is 0 Å². The molecule has 0 spiro atoms. The number of aromatic nitrogens is 1. The maximum Gasteiger partial charge on any atom is 0.407 e. The minimum Gasteiger partial charge on any atom is -0.445 e. The van der Waals surface area contributed by atoms with Crippen molar-refractivity contribution < 1.29 is 19.1 Å². The maximum absolute atomic E-state index is 11.8. The van der Waals surface area contributed by atoms with Gasteiger partial charge in [0, 0.05) is 48.6 Å². The lowest BCUT2D eigenvalue weighted by Gasteiger charge is -2.21. The number of rotatable bonds is 6. The number of fused-ring (bicyclic) bond motifs is 2. The summed E-state index contributed by atoms with van der Waals surface area (Å²) in [5, 5.41) is 5.28. The van der Waals surface area contributed by atoms with Crippen molar-refractivity contribution in [2.75, 3.05) is 13.1 Å². The zero-order valence-corrected chi connectivity index (χ0v) is 16.6. The second kappa shape index (κ2) is 8.82. The maximum atomic E-state index is 11.8. The molecule has 0 saturated heterocycles. The fourth-order valence-electron chi connectivity index (χ4n) is 3.60. The van der Waals surface area contributed by atoms with Gasteiger partial charge in [0.2, 0.25) is 0 Å². The lowest BCUT2D eigenvalue weighted by Crippen LogP contribution is -2.24. The van der Waals surface area contributed by atoms with Crippen LogP contribution in [0.1, 0.15) is 47.5 Å². The monoisotopic (exact) mass is 385 g/mol. The first-order chi connectivity index (χ1) is 13.5. The molecule has 2 heterocycles. The van der Waals surface area contributed by atoms with Gasteiger partial charge in [0.25, 0.3) is 0 Å². The molecule has 7 nitrogen and oxygen atoms in total. The van der Waals surface area contributed by atoms with Gasteiger partial charge in [-0.25, -0.2) is 9.59 Å². The average molecular weight is 385 g/mol. The van der Waals surface area contributed by atoms with Crippen molar-refractivity contribution in [3.05, 3.63) is 57.9 Å². The minimum absolute atomic E-state index is 0.141. The number of benzene rings is 1. The first-order valence-electron chi connectivity index (χ1n) is 9.62. The van der Waals surface area contributed by atoms with Gasteiger partial charge >= 0.3 is 12.2 Å². The number of ether oxygens (including phenoxy) is 2. The molecule has 1 aromatic carbocycles. The Kier molecular flexibility index (Phi) is 6.23. The topological polar surface area (TPSA) is 81.6 Å². The van der Waals surface area contributed by atoms with Gasteiger partial charge in [-0.2, -0.15) is 0 Å². The Labute approximate surface area is 165 Å². The smallest absolute Gasteiger partial charge is 0.407 e. The standard InChI is InChI=1S/C21H27N3O4/c1-4-22-20(25)27-12-17-14(3)24-11-16-9-7-6-8-15(16)10-19(24)18(17)13-28-21(26)23-5-2/h6-9H,4-5,10-13H2,1-3H3,(H,22,25)(H,23,26). The molecule has 0 aliphatic carbocycles. The summed E-state index contributed by atoms with van der Waals surface area (Å²) in [5.41, 5.74) is 6.50. The van der Waals surface area contributed by atoms with Crippen LogP contribution in [0.15, 0.2) is 24.3 Å². The molecule has 28 heavy (non-hydrogen) atoms. The molecule has 3 rings (SSSR count). The van der Waals surface area contributed by atoms with Crippen LogP contribution in [-0.2, 0) is 35.7 Å². The molecule has 2 amide bonds. The number of nitrogens with one attached hydrogen (secondary N) is 2. The molecule has 0 atom stereocenters. The van der Waals surface area contributed by atoms with Crippen molar-refractivity contribution >= 4 is 12.2 Å². The molecule has 1 aliphatic rings. The average Bonchev–Trinajstić information content (AvgIpc) is 2.94. The van der Waals surface area contributed by atoms with E-state index in [-0.39, 0.29) is 13.2 Å². The van der Waals surface area contributed by atoms with Gasteiger partial charge < -0.3 is 24.7 Å². The van der Waals surface area contributed by atoms with Crippen molar-refractivity contribution in [1.29, 1.82) is 0 Å². The van der Waals surface area contributed by atoms with Gasteiger partial charge in [-0.05, 0) is 31.9 Å². The van der Waals surface area contributed by atoms with Crippen LogP contribution in [0.4, 0.5) is 9.59 Å². The number of amides is 2. The molecular weight excluding hydrogens is 358 g/mol. The van der Waals surface area contributed by atoms with Gasteiger partial charge in [0.05, 0.1) is 0 Å². The summed E-state index contributed by atoms with van der Waals surface area (Å²) in [4.78, 5) is 23.6. The third kappa shape index (κ3) is 4.13. The third-order valence-corrected chi connectivity index (χ3v) is 5.02. The lowest BCUT2D eigenvalue weighted by atomic mass is 9.97. The van der Waals surface area contributed by atoms with Gasteiger partial charge in [-0.3, -0.25) is 0 Å². The van der Waals surface area contributed by atoms with E-state index >= 15 is 0 Å². The van der Waals surface area contributed by atoms with Gasteiger partial charge in [-0.1, -0.05) is 24.3 Å². The molecule has 0 fully saturated rings. The van der Waals surface area contributed by atoms with Crippen molar-refractivity contribution in [1.82, 2.24) is 15.2 Å². The molecule has 7 heteroatoms. The highest BCUT2D eigenvalue weighted by Gasteiger charge is 2.26. The molecule has 2 N–H and O–H groups in total. The van der Waals surface area contributed by atoms with Gasteiger partial charge in [0.1, 0.15) is 13.2 Å². The van der Waals surface area contributed by atoms with E-state index in [4.69, 9.17) is 9.47 Å². The van der Waals surface area contributed by atoms with E-state index in [1.807, 2.05) is 32.9 Å². The quantitative estimate of drug-likeness (QED) is 0.683. The number of hydrogen-bond donors (Lipinski definition) is 2. The van der Waals surface area contributed by atoms with Crippen molar-refractivity contribution in [3.8, 4) is 0 Å². The van der Waals surface area contributed by atoms with E-state index in [1.54, 1.807) is 0 Å². The molecule has 0 bridgehead atoms. The molecule has 0 saturated carbocycles. The van der Waals surface area contributed by atoms with E-state index in [1.165, 1.54) is 11.1 Å². The van der Waals surface area contributed by atoms with Crippen molar-refractivity contribution in [3.63, 3.8) is 0 Å². The predicted octanol–water partition coefficient (Wildman–Crippen LogP) is 3.24. The van der Waals surface area contributed by atoms with E-state index in [2.05, 4.69) is 27.3 Å². The first kappa shape index (κ1) is 19.8. The zero-order valence-electron chi connectivity index (χ0n) is 16.6. The van der Waals surface area contributed by atoms with E-state index in [0.29, 0.717) is 13.1 Å². The van der Waals surface area contributed by atoms with Crippen molar-refractivity contribution in [2.24, 2.45) is 0 Å². The van der Waals surface area contributed by atoms with Crippen LogP contribution < -0.4 is 10.6 Å². The summed E-state index contributed by atoms with van der Waals surface area (Å²) < 4.78 is 13.0. The highest BCUT2D eigenvalue weighted by Crippen LogP contribution is 2.32. The summed E-state index contributed by atoms with van der Waals surface area (Å²) in [6.07, 6.45) is -0.149. The third-order valence-electron chi connectivity index (χ3n) is 5.02. The van der Waals surface area contributed by atoms with Gasteiger partial charge in [-0.15, -0.1) is 0 Å². The zero-order chi connectivity index (χ0) is 20.1. The number of hydrogen-bond acceptors (Lipinski definition) is 4. The number of nitrogens with zero attached hydrogens (tertiary/aromatic N) is 1. The molecule has 1 aromatic heterocycles. The summed E-state index contributed by atoms with van der Waals surface area (Å²) in [6.45, 7) is 7.75. The Morgan fingerprint density at radius 2 is 1.54 bits per heavy atom. The first-order valence-corrected chi connectivity index (χ1v) is 9.62. The molecule has 1 aliphatic heterocycles. The normalized spacial score (nSPS) is 12.0. The Morgan fingerprint density at radius 1 is 0.964 bits per heavy atom. The fourth-order valence-corrected chi connectivity index (χ4v) is 3.60. The Morgan fingerprint density at radius 3 is 2.14 bits per heavy atom.